The number of rotatable bonds is 49. The number of hydrogen-bond donors (Lipinski definition) is 1. The number of aliphatic carboxylic acids is 1. The highest BCUT2D eigenvalue weighted by Crippen LogP contribution is 2.13. The first kappa shape index (κ1) is 66.7. The van der Waals surface area contributed by atoms with Crippen LogP contribution in [0, 0.1) is 0 Å². The first-order valence-electron chi connectivity index (χ1n) is 27.7. The molecular weight excluding hydrogens is 887 g/mol. The molecule has 0 aromatic carbocycles. The summed E-state index contributed by atoms with van der Waals surface area (Å²) in [5.41, 5.74) is 0. The van der Waals surface area contributed by atoms with Crippen molar-refractivity contribution in [1.29, 1.82) is 0 Å². The van der Waals surface area contributed by atoms with E-state index in [4.69, 9.17) is 18.9 Å². The van der Waals surface area contributed by atoms with Crippen LogP contribution >= 0.6 is 0 Å². The van der Waals surface area contributed by atoms with Gasteiger partial charge < -0.3 is 28.5 Å². The number of quaternary nitrogens is 1. The highest BCUT2D eigenvalue weighted by atomic mass is 16.7. The number of carboxylic acid groups (broad SMARTS) is 1. The molecule has 0 aromatic heterocycles. The molecule has 2 unspecified atom stereocenters. The van der Waals surface area contributed by atoms with Gasteiger partial charge in [-0.1, -0.05) is 212 Å². The van der Waals surface area contributed by atoms with E-state index in [0.29, 0.717) is 23.9 Å². The Labute approximate surface area is 434 Å². The smallest absolute Gasteiger partial charge is 0.361 e. The van der Waals surface area contributed by atoms with E-state index in [1.165, 1.54) is 38.5 Å². The fraction of sp³-hybridized carbons (Fsp3) is 0.629. The molecule has 9 nitrogen and oxygen atoms in total. The molecule has 0 heterocycles. The number of allylic oxidation sites excluding steroid dienone is 20. The van der Waals surface area contributed by atoms with E-state index in [0.717, 1.165) is 122 Å². The van der Waals surface area contributed by atoms with Crippen molar-refractivity contribution < 1.29 is 42.9 Å². The molecule has 0 saturated carbocycles. The Morgan fingerprint density at radius 3 is 1.20 bits per heavy atom. The summed E-state index contributed by atoms with van der Waals surface area (Å²) < 4.78 is 22.7. The third kappa shape index (κ3) is 53.3. The largest absolute Gasteiger partial charge is 0.477 e. The minimum absolute atomic E-state index is 0.179. The van der Waals surface area contributed by atoms with Gasteiger partial charge in [-0.3, -0.25) is 9.59 Å². The standard InChI is InChI=1S/C62H101NO8/c1-6-8-10-12-14-16-17-18-19-20-21-22-23-24-25-26-27-28-29-30-31-32-33-34-35-36-37-38-39-40-41-42-43-45-47-49-51-53-60(65)71-58(57-70-62(61(66)67)68-55-54-63(3,4)5)56-69-59(64)52-50-48-46-44-15-13-11-9-7-2/h8,10,14,16,18-19,21-22,24-25,27-28,30-31,33-34,36-37,39-40,58,62H,6-7,9,11-13,15,17,20,23,26,29,32,35,38,41-57H2,1-5H3/p+1/b10-8-,16-14-,19-18-,22-21-,25-24-,28-27-,31-30-,34-33-,37-36-,40-39-. The molecule has 0 aliphatic carbocycles. The molecule has 0 saturated heterocycles. The van der Waals surface area contributed by atoms with Crippen molar-refractivity contribution in [2.75, 3.05) is 47.5 Å². The van der Waals surface area contributed by atoms with Gasteiger partial charge in [0.2, 0.25) is 0 Å². The number of hydrogen-bond acceptors (Lipinski definition) is 7. The average molecular weight is 989 g/mol. The van der Waals surface area contributed by atoms with E-state index in [2.05, 4.69) is 135 Å². The predicted molar refractivity (Wildman–Crippen MR) is 299 cm³/mol. The molecule has 0 bridgehead atoms. The van der Waals surface area contributed by atoms with E-state index in [-0.39, 0.29) is 32.2 Å². The summed E-state index contributed by atoms with van der Waals surface area (Å²) in [5, 5.41) is 9.65. The van der Waals surface area contributed by atoms with Crippen LogP contribution in [0.4, 0.5) is 0 Å². The second-order valence-electron chi connectivity index (χ2n) is 19.2. The van der Waals surface area contributed by atoms with Gasteiger partial charge in [0.15, 0.2) is 6.10 Å². The maximum Gasteiger partial charge on any atom is 0.361 e. The molecule has 2 atom stereocenters. The normalized spacial score (nSPS) is 13.8. The lowest BCUT2D eigenvalue weighted by atomic mass is 10.1. The summed E-state index contributed by atoms with van der Waals surface area (Å²) in [6, 6.07) is 0. The molecule has 9 heteroatoms. The molecule has 1 N–H and O–H groups in total. The number of ether oxygens (including phenoxy) is 4. The van der Waals surface area contributed by atoms with E-state index in [1.807, 2.05) is 21.1 Å². The Hall–Kier alpha value is -4.31. The molecule has 0 fully saturated rings. The minimum atomic E-state index is -1.52. The molecule has 0 spiro atoms. The number of carbonyl (C=O) groups is 3. The van der Waals surface area contributed by atoms with Gasteiger partial charge in [0.1, 0.15) is 13.2 Å². The van der Waals surface area contributed by atoms with Crippen LogP contribution in [0.15, 0.2) is 122 Å². The number of carbonyl (C=O) groups excluding carboxylic acids is 2. The van der Waals surface area contributed by atoms with Crippen LogP contribution in [0.25, 0.3) is 0 Å². The first-order valence-corrected chi connectivity index (χ1v) is 27.7. The van der Waals surface area contributed by atoms with Gasteiger partial charge in [0.05, 0.1) is 34.4 Å². The number of carboxylic acids is 1. The number of esters is 2. The van der Waals surface area contributed by atoms with Crippen molar-refractivity contribution in [2.45, 2.75) is 206 Å². The predicted octanol–water partition coefficient (Wildman–Crippen LogP) is 16.1. The van der Waals surface area contributed by atoms with Crippen molar-refractivity contribution in [3.8, 4) is 0 Å². The SMILES string of the molecule is CC/C=C\C/C=C\C/C=C\C/C=C\C/C=C\C/C=C\C/C=C\C/C=C\C/C=C\C/C=C\CCCCCCCCC(=O)OC(COC(=O)CCCCCCCCCCC)COC(OCC[N+](C)(C)C)C(=O)O. The van der Waals surface area contributed by atoms with E-state index >= 15 is 0 Å². The molecule has 0 rings (SSSR count). The number of nitrogens with zero attached hydrogens (tertiary/aromatic N) is 1. The van der Waals surface area contributed by atoms with Crippen LogP contribution in [0.1, 0.15) is 194 Å². The van der Waals surface area contributed by atoms with Gasteiger partial charge >= 0.3 is 17.9 Å². The molecule has 402 valence electrons. The molecule has 0 aliphatic rings. The first-order chi connectivity index (χ1) is 34.6. The van der Waals surface area contributed by atoms with Crippen LogP contribution in [0.3, 0.4) is 0 Å². The Morgan fingerprint density at radius 2 is 0.803 bits per heavy atom. The number of unbranched alkanes of at least 4 members (excludes halogenated alkanes) is 14. The Kier molecular flexibility index (Phi) is 48.9. The summed E-state index contributed by atoms with van der Waals surface area (Å²) in [6.07, 6.45) is 70.1. The second-order valence-corrected chi connectivity index (χ2v) is 19.2. The quantitative estimate of drug-likeness (QED) is 0.0211. The van der Waals surface area contributed by atoms with Gasteiger partial charge in [-0.25, -0.2) is 4.79 Å². The van der Waals surface area contributed by atoms with Crippen molar-refractivity contribution in [2.24, 2.45) is 0 Å². The van der Waals surface area contributed by atoms with Crippen molar-refractivity contribution in [3.63, 3.8) is 0 Å². The molecular formula is C62H102NO8+. The van der Waals surface area contributed by atoms with Crippen molar-refractivity contribution in [3.05, 3.63) is 122 Å². The summed E-state index contributed by atoms with van der Waals surface area (Å²) in [5.74, 6) is -2.04. The maximum atomic E-state index is 12.8. The lowest BCUT2D eigenvalue weighted by Gasteiger charge is -2.25. The van der Waals surface area contributed by atoms with Crippen molar-refractivity contribution in [1.82, 2.24) is 0 Å². The molecule has 0 aliphatic heterocycles. The topological polar surface area (TPSA) is 108 Å². The van der Waals surface area contributed by atoms with Crippen LogP contribution in [0.2, 0.25) is 0 Å². The molecule has 0 aromatic rings. The fourth-order valence-electron chi connectivity index (χ4n) is 6.98. The van der Waals surface area contributed by atoms with Crippen LogP contribution in [-0.4, -0.2) is 87.4 Å². The van der Waals surface area contributed by atoms with Gasteiger partial charge in [-0.15, -0.1) is 0 Å². The Morgan fingerprint density at radius 1 is 0.437 bits per heavy atom. The Balaban J connectivity index is 4.19. The van der Waals surface area contributed by atoms with E-state index in [1.54, 1.807) is 0 Å². The van der Waals surface area contributed by atoms with Gasteiger partial charge in [-0.05, 0) is 89.9 Å². The minimum Gasteiger partial charge on any atom is -0.477 e. The van der Waals surface area contributed by atoms with Crippen molar-refractivity contribution >= 4 is 17.9 Å². The summed E-state index contributed by atoms with van der Waals surface area (Å²) in [4.78, 5) is 37.1. The van der Waals surface area contributed by atoms with Gasteiger partial charge in [0.25, 0.3) is 6.29 Å². The van der Waals surface area contributed by atoms with Crippen LogP contribution in [-0.2, 0) is 33.3 Å². The lowest BCUT2D eigenvalue weighted by Crippen LogP contribution is -2.40. The van der Waals surface area contributed by atoms with E-state index in [9.17, 15) is 19.5 Å². The highest BCUT2D eigenvalue weighted by Gasteiger charge is 2.25. The van der Waals surface area contributed by atoms with Gasteiger partial charge in [0, 0.05) is 12.8 Å². The molecule has 0 amide bonds. The van der Waals surface area contributed by atoms with Crippen LogP contribution in [0.5, 0.6) is 0 Å². The summed E-state index contributed by atoms with van der Waals surface area (Å²) in [6.45, 7) is 4.69. The Bertz CT molecular complexity index is 1570. The van der Waals surface area contributed by atoms with Gasteiger partial charge in [-0.2, -0.15) is 0 Å². The zero-order valence-electron chi connectivity index (χ0n) is 45.6. The average Bonchev–Trinajstić information content (AvgIpc) is 3.34. The molecule has 71 heavy (non-hydrogen) atoms. The summed E-state index contributed by atoms with van der Waals surface area (Å²) >= 11 is 0. The van der Waals surface area contributed by atoms with E-state index < -0.39 is 24.3 Å². The third-order valence-electron chi connectivity index (χ3n) is 11.2. The second kappa shape index (κ2) is 52.0. The van der Waals surface area contributed by atoms with Crippen LogP contribution < -0.4 is 0 Å². The zero-order chi connectivity index (χ0) is 52.0. The third-order valence-corrected chi connectivity index (χ3v) is 11.2. The monoisotopic (exact) mass is 989 g/mol. The number of likely N-dealkylation sites (N-methyl/N-ethyl adjacent to an activating group) is 1. The lowest BCUT2D eigenvalue weighted by molar-refractivity contribution is -0.870. The highest BCUT2D eigenvalue weighted by molar-refractivity contribution is 5.71. The zero-order valence-corrected chi connectivity index (χ0v) is 45.6. The fourth-order valence-corrected chi connectivity index (χ4v) is 6.98. The maximum absolute atomic E-state index is 12.8. The molecule has 0 radical (unpaired) electrons. The summed E-state index contributed by atoms with van der Waals surface area (Å²) in [7, 11) is 5.94.